The van der Waals surface area contributed by atoms with Crippen LogP contribution in [0.2, 0.25) is 0 Å². The molecule has 0 aromatic carbocycles. The fourth-order valence-electron chi connectivity index (χ4n) is 2.36. The summed E-state index contributed by atoms with van der Waals surface area (Å²) in [7, 11) is 0. The lowest BCUT2D eigenvalue weighted by Crippen LogP contribution is -2.45. The van der Waals surface area contributed by atoms with Crippen molar-refractivity contribution in [2.45, 2.75) is 13.3 Å². The fourth-order valence-corrected chi connectivity index (χ4v) is 2.36. The minimum Gasteiger partial charge on any atom is -0.481 e. The molecule has 0 aliphatic carbocycles. The average Bonchev–Trinajstić information content (AvgIpc) is 2.53. The predicted molar refractivity (Wildman–Crippen MR) is 57.8 cm³/mol. The van der Waals surface area contributed by atoms with Crippen LogP contribution >= 0.6 is 0 Å². The number of carbonyl (C=O) groups excluding carboxylic acids is 1. The Labute approximate surface area is 94.8 Å². The molecule has 0 spiro atoms. The third-order valence-corrected chi connectivity index (χ3v) is 3.61. The van der Waals surface area contributed by atoms with E-state index >= 15 is 0 Å². The van der Waals surface area contributed by atoms with E-state index in [1.165, 1.54) is 0 Å². The normalized spacial score (nSPS) is 30.2. The second-order valence-corrected chi connectivity index (χ2v) is 4.95. The van der Waals surface area contributed by atoms with E-state index < -0.39 is 5.97 Å². The van der Waals surface area contributed by atoms with Crippen molar-refractivity contribution < 1.29 is 14.7 Å². The zero-order valence-corrected chi connectivity index (χ0v) is 9.48. The van der Waals surface area contributed by atoms with Gasteiger partial charge in [0.15, 0.2) is 0 Å². The summed E-state index contributed by atoms with van der Waals surface area (Å²) in [6, 6.07) is 0. The summed E-state index contributed by atoms with van der Waals surface area (Å²) in [5.41, 5.74) is 0. The second-order valence-electron chi connectivity index (χ2n) is 4.95. The lowest BCUT2D eigenvalue weighted by Gasteiger charge is -2.28. The molecule has 0 bridgehead atoms. The van der Waals surface area contributed by atoms with Crippen molar-refractivity contribution in [1.29, 1.82) is 0 Å². The molecule has 2 aliphatic heterocycles. The second kappa shape index (κ2) is 4.41. The average molecular weight is 226 g/mol. The van der Waals surface area contributed by atoms with Crippen molar-refractivity contribution in [2.24, 2.45) is 17.8 Å². The van der Waals surface area contributed by atoms with Crippen LogP contribution in [0.1, 0.15) is 13.3 Å². The Morgan fingerprint density at radius 1 is 1.38 bits per heavy atom. The highest BCUT2D eigenvalue weighted by molar-refractivity contribution is 5.79. The summed E-state index contributed by atoms with van der Waals surface area (Å²) in [5.74, 6) is -0.536. The number of nitrogens with zero attached hydrogens (tertiary/aromatic N) is 1. The van der Waals surface area contributed by atoms with Gasteiger partial charge in [0.25, 0.3) is 0 Å². The first-order valence-electron chi connectivity index (χ1n) is 5.79. The molecule has 2 rings (SSSR count). The van der Waals surface area contributed by atoms with Crippen LogP contribution in [0.15, 0.2) is 0 Å². The molecule has 2 heterocycles. The number of likely N-dealkylation sites (tertiary alicyclic amines) is 1. The van der Waals surface area contributed by atoms with Crippen LogP contribution in [0.3, 0.4) is 0 Å². The van der Waals surface area contributed by atoms with Gasteiger partial charge in [-0.2, -0.15) is 0 Å². The van der Waals surface area contributed by atoms with Crippen molar-refractivity contribution in [1.82, 2.24) is 10.2 Å². The minimum absolute atomic E-state index is 0.0703. The van der Waals surface area contributed by atoms with Crippen LogP contribution in [0, 0.1) is 17.8 Å². The van der Waals surface area contributed by atoms with Gasteiger partial charge in [0, 0.05) is 19.5 Å². The van der Waals surface area contributed by atoms with Crippen molar-refractivity contribution in [2.75, 3.05) is 26.2 Å². The number of carbonyl (C=O) groups is 2. The third-order valence-electron chi connectivity index (χ3n) is 3.61. The van der Waals surface area contributed by atoms with Crippen molar-refractivity contribution in [3.05, 3.63) is 0 Å². The van der Waals surface area contributed by atoms with E-state index in [-0.39, 0.29) is 17.7 Å². The van der Waals surface area contributed by atoms with Gasteiger partial charge in [-0.25, -0.2) is 0 Å². The van der Waals surface area contributed by atoms with Crippen LogP contribution in [0.5, 0.6) is 0 Å². The van der Waals surface area contributed by atoms with Crippen LogP contribution < -0.4 is 5.32 Å². The maximum absolute atomic E-state index is 11.9. The van der Waals surface area contributed by atoms with Crippen LogP contribution in [-0.4, -0.2) is 48.1 Å². The molecular formula is C11H18N2O3. The smallest absolute Gasteiger partial charge is 0.308 e. The Morgan fingerprint density at radius 3 is 2.50 bits per heavy atom. The monoisotopic (exact) mass is 226 g/mol. The van der Waals surface area contributed by atoms with Crippen molar-refractivity contribution in [3.8, 4) is 0 Å². The molecule has 2 N–H and O–H groups in total. The summed E-state index contributed by atoms with van der Waals surface area (Å²) >= 11 is 0. The molecule has 0 aromatic heterocycles. The van der Waals surface area contributed by atoms with E-state index in [0.717, 1.165) is 13.1 Å². The molecule has 2 aliphatic rings. The molecular weight excluding hydrogens is 208 g/mol. The van der Waals surface area contributed by atoms with Gasteiger partial charge in [-0.3, -0.25) is 9.59 Å². The molecule has 2 fully saturated rings. The highest BCUT2D eigenvalue weighted by Gasteiger charge is 2.37. The Hall–Kier alpha value is -1.10. The third kappa shape index (κ3) is 2.19. The molecule has 90 valence electrons. The lowest BCUT2D eigenvalue weighted by molar-refractivity contribution is -0.142. The molecule has 16 heavy (non-hydrogen) atoms. The Bertz CT molecular complexity index is 302. The van der Waals surface area contributed by atoms with Gasteiger partial charge in [0.05, 0.1) is 5.92 Å². The number of nitrogens with one attached hydrogen (secondary N) is 1. The molecule has 5 nitrogen and oxygen atoms in total. The van der Waals surface area contributed by atoms with Gasteiger partial charge in [-0.05, 0) is 24.9 Å². The first-order chi connectivity index (χ1) is 7.58. The molecule has 0 radical (unpaired) electrons. The number of aliphatic carboxylic acids is 1. The van der Waals surface area contributed by atoms with E-state index in [4.69, 9.17) is 5.11 Å². The number of amides is 1. The lowest BCUT2D eigenvalue weighted by atomic mass is 9.99. The number of hydrogen-bond acceptors (Lipinski definition) is 3. The Kier molecular flexibility index (Phi) is 3.14. The molecule has 0 unspecified atom stereocenters. The highest BCUT2D eigenvalue weighted by atomic mass is 16.4. The van der Waals surface area contributed by atoms with E-state index in [1.807, 2.05) is 6.92 Å². The summed E-state index contributed by atoms with van der Waals surface area (Å²) in [4.78, 5) is 24.5. The van der Waals surface area contributed by atoms with E-state index in [9.17, 15) is 9.59 Å². The van der Waals surface area contributed by atoms with Crippen LogP contribution in [0.25, 0.3) is 0 Å². The number of hydrogen-bond donors (Lipinski definition) is 2. The van der Waals surface area contributed by atoms with Gasteiger partial charge in [0.1, 0.15) is 0 Å². The standard InChI is InChI=1S/C11H18N2O3/c1-7-5-13(6-9(7)11(15)16)10(14)2-8-3-12-4-8/h7-9,12H,2-6H2,1H3,(H,15,16)/t7-,9-/m1/s1. The van der Waals surface area contributed by atoms with Crippen LogP contribution in [-0.2, 0) is 9.59 Å². The van der Waals surface area contributed by atoms with Gasteiger partial charge >= 0.3 is 5.97 Å². The zero-order chi connectivity index (χ0) is 11.7. The van der Waals surface area contributed by atoms with Gasteiger partial charge in [-0.1, -0.05) is 6.92 Å². The number of rotatable bonds is 3. The quantitative estimate of drug-likeness (QED) is 0.697. The predicted octanol–water partition coefficient (Wildman–Crippen LogP) is -0.225. The summed E-state index contributed by atoms with van der Waals surface area (Å²) in [6.07, 6.45) is 0.562. The maximum Gasteiger partial charge on any atom is 0.308 e. The number of carboxylic acid groups (broad SMARTS) is 1. The summed E-state index contributed by atoms with van der Waals surface area (Å²) in [6.45, 7) is 4.71. The van der Waals surface area contributed by atoms with Crippen molar-refractivity contribution >= 4 is 11.9 Å². The molecule has 2 saturated heterocycles. The topological polar surface area (TPSA) is 69.6 Å². The fraction of sp³-hybridized carbons (Fsp3) is 0.818. The van der Waals surface area contributed by atoms with E-state index in [2.05, 4.69) is 5.32 Å². The Balaban J connectivity index is 1.86. The molecule has 0 aromatic rings. The number of carboxylic acids is 1. The minimum atomic E-state index is -0.784. The first-order valence-corrected chi connectivity index (χ1v) is 5.79. The van der Waals surface area contributed by atoms with Gasteiger partial charge < -0.3 is 15.3 Å². The molecule has 0 saturated carbocycles. The van der Waals surface area contributed by atoms with Gasteiger partial charge in [-0.15, -0.1) is 0 Å². The van der Waals surface area contributed by atoms with E-state index in [1.54, 1.807) is 4.90 Å². The Morgan fingerprint density at radius 2 is 2.06 bits per heavy atom. The van der Waals surface area contributed by atoms with E-state index in [0.29, 0.717) is 25.4 Å². The summed E-state index contributed by atoms with van der Waals surface area (Å²) in [5, 5.41) is 12.1. The highest BCUT2D eigenvalue weighted by Crippen LogP contribution is 2.24. The largest absolute Gasteiger partial charge is 0.481 e. The molecule has 5 heteroatoms. The SMILES string of the molecule is C[C@@H]1CN(C(=O)CC2CNC2)C[C@H]1C(=O)O. The first kappa shape index (κ1) is 11.4. The van der Waals surface area contributed by atoms with Crippen LogP contribution in [0.4, 0.5) is 0 Å². The molecule has 1 amide bonds. The summed E-state index contributed by atoms with van der Waals surface area (Å²) < 4.78 is 0. The van der Waals surface area contributed by atoms with Crippen molar-refractivity contribution in [3.63, 3.8) is 0 Å². The molecule has 2 atom stereocenters. The maximum atomic E-state index is 11.9. The van der Waals surface area contributed by atoms with Gasteiger partial charge in [0.2, 0.25) is 5.91 Å². The zero-order valence-electron chi connectivity index (χ0n) is 9.48.